The molecule has 23 heavy (non-hydrogen) atoms. The van der Waals surface area contributed by atoms with Crippen molar-refractivity contribution in [3.8, 4) is 5.75 Å². The Morgan fingerprint density at radius 1 is 1.26 bits per heavy atom. The highest BCUT2D eigenvalue weighted by Crippen LogP contribution is 2.60. The Hall–Kier alpha value is -1.78. The van der Waals surface area contributed by atoms with Crippen molar-refractivity contribution >= 4 is 40.1 Å². The van der Waals surface area contributed by atoms with Crippen LogP contribution in [0.4, 0.5) is 0 Å². The lowest BCUT2D eigenvalue weighted by Gasteiger charge is -2.06. The molecule has 3 rings (SSSR count). The van der Waals surface area contributed by atoms with Crippen LogP contribution < -0.4 is 10.4 Å². The van der Waals surface area contributed by atoms with E-state index in [0.29, 0.717) is 11.3 Å². The van der Waals surface area contributed by atoms with Gasteiger partial charge in [0.1, 0.15) is 15.8 Å². The first-order valence-corrected chi connectivity index (χ1v) is 7.83. The third kappa shape index (κ3) is 3.14. The van der Waals surface area contributed by atoms with Gasteiger partial charge >= 0.3 is 11.6 Å². The average molecular weight is 353 g/mol. The van der Waals surface area contributed by atoms with Crippen LogP contribution in [0.1, 0.15) is 13.8 Å². The minimum atomic E-state index is -0.453. The number of rotatable bonds is 3. The van der Waals surface area contributed by atoms with Crippen molar-refractivity contribution < 1.29 is 13.9 Å². The minimum Gasteiger partial charge on any atom is -0.426 e. The summed E-state index contributed by atoms with van der Waals surface area (Å²) in [6, 6.07) is 7.91. The van der Waals surface area contributed by atoms with E-state index in [1.165, 1.54) is 12.1 Å². The largest absolute Gasteiger partial charge is 0.426 e. The fraction of sp³-hybridized carbons (Fsp3) is 0.294. The number of carbonyl (C=O) groups excluding carboxylic acids is 1. The van der Waals surface area contributed by atoms with Gasteiger partial charge in [0.2, 0.25) is 0 Å². The first-order valence-electron chi connectivity index (χ1n) is 7.07. The molecule has 1 aliphatic rings. The summed E-state index contributed by atoms with van der Waals surface area (Å²) in [5.41, 5.74) is -0.334. The molecular weight excluding hydrogens is 339 g/mol. The maximum Gasteiger partial charge on any atom is 0.336 e. The van der Waals surface area contributed by atoms with Crippen molar-refractivity contribution in [1.82, 2.24) is 0 Å². The van der Waals surface area contributed by atoms with Gasteiger partial charge in [-0.05, 0) is 35.6 Å². The molecule has 1 saturated carbocycles. The van der Waals surface area contributed by atoms with Gasteiger partial charge in [0.05, 0.1) is 5.92 Å². The summed E-state index contributed by atoms with van der Waals surface area (Å²) in [6.45, 7) is 3.91. The molecule has 0 saturated heterocycles. The molecule has 0 aliphatic heterocycles. The van der Waals surface area contributed by atoms with Crippen molar-refractivity contribution in [3.05, 3.63) is 51.3 Å². The van der Waals surface area contributed by atoms with Crippen molar-refractivity contribution in [3.63, 3.8) is 0 Å². The van der Waals surface area contributed by atoms with Crippen LogP contribution in [-0.2, 0) is 4.79 Å². The van der Waals surface area contributed by atoms with Crippen molar-refractivity contribution in [1.29, 1.82) is 0 Å². The van der Waals surface area contributed by atoms with E-state index in [-0.39, 0.29) is 27.7 Å². The number of hydrogen-bond donors (Lipinski definition) is 0. The van der Waals surface area contributed by atoms with Crippen LogP contribution in [0, 0.1) is 17.3 Å². The van der Waals surface area contributed by atoms with Crippen LogP contribution in [0.25, 0.3) is 11.0 Å². The Morgan fingerprint density at radius 3 is 2.65 bits per heavy atom. The highest BCUT2D eigenvalue weighted by Gasteiger charge is 2.61. The second kappa shape index (κ2) is 5.69. The molecular formula is C17H14Cl2O4. The van der Waals surface area contributed by atoms with Gasteiger partial charge < -0.3 is 9.15 Å². The summed E-state index contributed by atoms with van der Waals surface area (Å²) in [7, 11) is 0. The third-order valence-electron chi connectivity index (χ3n) is 4.28. The second-order valence-corrected chi connectivity index (χ2v) is 7.16. The van der Waals surface area contributed by atoms with E-state index in [1.807, 2.05) is 13.8 Å². The number of halogens is 2. The second-order valence-electron chi connectivity index (χ2n) is 6.16. The summed E-state index contributed by atoms with van der Waals surface area (Å²) in [4.78, 5) is 23.6. The maximum atomic E-state index is 12.4. The number of benzene rings is 1. The molecule has 1 fully saturated rings. The lowest BCUT2D eigenvalue weighted by Crippen LogP contribution is -2.13. The molecule has 2 atom stereocenters. The van der Waals surface area contributed by atoms with Gasteiger partial charge in [-0.25, -0.2) is 4.79 Å². The molecule has 2 aromatic rings. The Kier molecular flexibility index (Phi) is 3.98. The van der Waals surface area contributed by atoms with Crippen molar-refractivity contribution in [2.45, 2.75) is 13.8 Å². The summed E-state index contributed by atoms with van der Waals surface area (Å²) in [6.07, 6.45) is 1.66. The number of hydrogen-bond acceptors (Lipinski definition) is 4. The molecule has 120 valence electrons. The van der Waals surface area contributed by atoms with Gasteiger partial charge in [-0.2, -0.15) is 0 Å². The molecule has 1 aromatic carbocycles. The number of esters is 1. The van der Waals surface area contributed by atoms with Gasteiger partial charge in [-0.15, -0.1) is 0 Å². The van der Waals surface area contributed by atoms with Crippen LogP contribution in [-0.4, -0.2) is 5.97 Å². The van der Waals surface area contributed by atoms with E-state index in [2.05, 4.69) is 0 Å². The third-order valence-corrected chi connectivity index (χ3v) is 4.54. The van der Waals surface area contributed by atoms with E-state index in [0.717, 1.165) is 5.39 Å². The summed E-state index contributed by atoms with van der Waals surface area (Å²) < 4.78 is 10.6. The first kappa shape index (κ1) is 16.1. The van der Waals surface area contributed by atoms with Crippen LogP contribution in [0.2, 0.25) is 0 Å². The van der Waals surface area contributed by atoms with Gasteiger partial charge in [-0.3, -0.25) is 4.79 Å². The topological polar surface area (TPSA) is 56.5 Å². The van der Waals surface area contributed by atoms with Gasteiger partial charge in [0, 0.05) is 17.5 Å². The quantitative estimate of drug-likeness (QED) is 0.469. The Bertz CT molecular complexity index is 862. The van der Waals surface area contributed by atoms with Crippen molar-refractivity contribution in [2.75, 3.05) is 0 Å². The molecule has 1 aromatic heterocycles. The average Bonchev–Trinajstić information content (AvgIpc) is 2.98. The molecule has 0 bridgehead atoms. The molecule has 0 radical (unpaired) electrons. The standard InChI is InChI=1S/C17H14Cl2O4/c1-17(2)11(8-13(18)19)15(17)16(21)22-10-5-3-9-4-6-14(20)23-12(9)7-10/h3-8,11,15H,1-2H3/t11-,15+/m1/s1. The van der Waals surface area contributed by atoms with Crippen LogP contribution in [0.3, 0.4) is 0 Å². The van der Waals surface area contributed by atoms with E-state index in [4.69, 9.17) is 32.4 Å². The Morgan fingerprint density at radius 2 is 1.96 bits per heavy atom. The zero-order valence-corrected chi connectivity index (χ0v) is 14.0. The molecule has 6 heteroatoms. The predicted molar refractivity (Wildman–Crippen MR) is 88.7 cm³/mol. The summed E-state index contributed by atoms with van der Waals surface area (Å²) in [5.74, 6) is -0.394. The predicted octanol–water partition coefficient (Wildman–Crippen LogP) is 4.29. The Labute approximate surface area is 142 Å². The number of allylic oxidation sites excluding steroid dienone is 1. The summed E-state index contributed by atoms with van der Waals surface area (Å²) in [5, 5.41) is 0.755. The van der Waals surface area contributed by atoms with E-state index >= 15 is 0 Å². The lowest BCUT2D eigenvalue weighted by molar-refractivity contribution is -0.136. The minimum absolute atomic E-state index is 0.0570. The van der Waals surface area contributed by atoms with Gasteiger partial charge in [-0.1, -0.05) is 37.0 Å². The fourth-order valence-electron chi connectivity index (χ4n) is 2.86. The lowest BCUT2D eigenvalue weighted by atomic mass is 10.1. The van der Waals surface area contributed by atoms with Crippen LogP contribution in [0.15, 0.2) is 50.1 Å². The fourth-order valence-corrected chi connectivity index (χ4v) is 3.13. The highest BCUT2D eigenvalue weighted by atomic mass is 35.5. The van der Waals surface area contributed by atoms with Gasteiger partial charge in [0.25, 0.3) is 0 Å². The molecule has 1 heterocycles. The molecule has 0 N–H and O–H groups in total. The Balaban J connectivity index is 1.81. The van der Waals surface area contributed by atoms with E-state index in [9.17, 15) is 9.59 Å². The monoisotopic (exact) mass is 352 g/mol. The number of carbonyl (C=O) groups is 1. The van der Waals surface area contributed by atoms with E-state index < -0.39 is 5.63 Å². The smallest absolute Gasteiger partial charge is 0.336 e. The maximum absolute atomic E-state index is 12.4. The van der Waals surface area contributed by atoms with E-state index in [1.54, 1.807) is 24.3 Å². The zero-order valence-electron chi connectivity index (χ0n) is 12.5. The SMILES string of the molecule is CC1(C)[C@H](C=C(Cl)Cl)[C@H]1C(=O)Oc1ccc2ccc(=O)oc2c1. The van der Waals surface area contributed by atoms with Gasteiger partial charge in [0.15, 0.2) is 0 Å². The molecule has 0 spiro atoms. The van der Waals surface area contributed by atoms with Crippen LogP contribution >= 0.6 is 23.2 Å². The molecule has 0 unspecified atom stereocenters. The zero-order chi connectivity index (χ0) is 16.8. The molecule has 0 amide bonds. The molecule has 4 nitrogen and oxygen atoms in total. The highest BCUT2D eigenvalue weighted by molar-refractivity contribution is 6.55. The first-order chi connectivity index (χ1) is 10.8. The molecule has 1 aliphatic carbocycles. The summed E-state index contributed by atoms with van der Waals surface area (Å²) >= 11 is 11.4. The number of fused-ring (bicyclic) bond motifs is 1. The van der Waals surface area contributed by atoms with Crippen LogP contribution in [0.5, 0.6) is 5.75 Å². The number of ether oxygens (including phenoxy) is 1. The normalized spacial score (nSPS) is 21.7. The van der Waals surface area contributed by atoms with Crippen molar-refractivity contribution in [2.24, 2.45) is 17.3 Å².